The molecule has 0 aromatic heterocycles. The standard InChI is InChI=1S/C22H24O3/c1-17(2)8-11-19(4)25-22-7-5-6-21(16-22)24-15-14-23-20-12-9-18(3)10-13-20/h5-13,16H,1,4,14-15H2,2-3H3/b11-8-. The molecule has 3 heteroatoms. The van der Waals surface area contributed by atoms with E-state index in [1.54, 1.807) is 6.08 Å². The van der Waals surface area contributed by atoms with Crippen molar-refractivity contribution in [2.24, 2.45) is 0 Å². The molecule has 25 heavy (non-hydrogen) atoms. The van der Waals surface area contributed by atoms with Crippen LogP contribution in [0.4, 0.5) is 0 Å². The highest BCUT2D eigenvalue weighted by atomic mass is 16.5. The third-order valence-corrected chi connectivity index (χ3v) is 3.25. The average molecular weight is 336 g/mol. The molecule has 2 aromatic rings. The van der Waals surface area contributed by atoms with Gasteiger partial charge in [0.1, 0.15) is 36.2 Å². The lowest BCUT2D eigenvalue weighted by molar-refractivity contribution is 0.216. The molecule has 0 saturated carbocycles. The van der Waals surface area contributed by atoms with E-state index in [9.17, 15) is 0 Å². The van der Waals surface area contributed by atoms with Crippen LogP contribution in [-0.2, 0) is 0 Å². The molecule has 0 radical (unpaired) electrons. The zero-order valence-corrected chi connectivity index (χ0v) is 14.8. The number of ether oxygens (including phenoxy) is 3. The highest BCUT2D eigenvalue weighted by Crippen LogP contribution is 2.21. The molecule has 0 fully saturated rings. The fourth-order valence-corrected chi connectivity index (χ4v) is 2.00. The zero-order valence-electron chi connectivity index (χ0n) is 14.8. The Morgan fingerprint density at radius 1 is 0.880 bits per heavy atom. The minimum atomic E-state index is 0.452. The zero-order chi connectivity index (χ0) is 18.1. The van der Waals surface area contributed by atoms with Crippen molar-refractivity contribution >= 4 is 0 Å². The molecule has 3 nitrogen and oxygen atoms in total. The van der Waals surface area contributed by atoms with E-state index in [0.29, 0.717) is 24.7 Å². The van der Waals surface area contributed by atoms with E-state index in [-0.39, 0.29) is 0 Å². The summed E-state index contributed by atoms with van der Waals surface area (Å²) in [6.45, 7) is 12.5. The molecule has 0 amide bonds. The number of rotatable bonds is 9. The summed E-state index contributed by atoms with van der Waals surface area (Å²) < 4.78 is 17.0. The Morgan fingerprint density at radius 3 is 2.20 bits per heavy atom. The first-order valence-corrected chi connectivity index (χ1v) is 8.15. The summed E-state index contributed by atoms with van der Waals surface area (Å²) in [5, 5.41) is 0. The number of benzene rings is 2. The van der Waals surface area contributed by atoms with E-state index < -0.39 is 0 Å². The number of hydrogen-bond donors (Lipinski definition) is 0. The minimum Gasteiger partial charge on any atom is -0.490 e. The SMILES string of the molecule is C=C(C)/C=C\C(=C)Oc1cccc(OCCOc2ccc(C)cc2)c1. The van der Waals surface area contributed by atoms with Gasteiger partial charge in [0, 0.05) is 6.07 Å². The first-order chi connectivity index (χ1) is 12.0. The maximum atomic E-state index is 5.71. The average Bonchev–Trinajstić information content (AvgIpc) is 2.59. The molecule has 0 N–H and O–H groups in total. The van der Waals surface area contributed by atoms with Crippen molar-refractivity contribution < 1.29 is 14.2 Å². The lowest BCUT2D eigenvalue weighted by Crippen LogP contribution is -2.09. The molecule has 0 aliphatic rings. The predicted octanol–water partition coefficient (Wildman–Crippen LogP) is 5.48. The Kier molecular flexibility index (Phi) is 6.90. The molecule has 2 aromatic carbocycles. The van der Waals surface area contributed by atoms with Gasteiger partial charge in [-0.25, -0.2) is 0 Å². The highest BCUT2D eigenvalue weighted by Gasteiger charge is 2.00. The topological polar surface area (TPSA) is 27.7 Å². The van der Waals surface area contributed by atoms with E-state index in [1.165, 1.54) is 5.56 Å². The van der Waals surface area contributed by atoms with Gasteiger partial charge in [-0.1, -0.05) is 48.6 Å². The Labute approximate surface area is 149 Å². The van der Waals surface area contributed by atoms with Crippen LogP contribution < -0.4 is 14.2 Å². The van der Waals surface area contributed by atoms with Crippen LogP contribution in [0.15, 0.2) is 85.2 Å². The van der Waals surface area contributed by atoms with Crippen LogP contribution in [0.25, 0.3) is 0 Å². The van der Waals surface area contributed by atoms with Crippen molar-refractivity contribution in [3.8, 4) is 17.2 Å². The van der Waals surface area contributed by atoms with Crippen LogP contribution in [0.1, 0.15) is 12.5 Å². The first kappa shape index (κ1) is 18.4. The monoisotopic (exact) mass is 336 g/mol. The van der Waals surface area contributed by atoms with E-state index in [2.05, 4.69) is 13.2 Å². The van der Waals surface area contributed by atoms with Gasteiger partial charge in [0.25, 0.3) is 0 Å². The van der Waals surface area contributed by atoms with Crippen LogP contribution in [0.2, 0.25) is 0 Å². The van der Waals surface area contributed by atoms with Gasteiger partial charge in [-0.2, -0.15) is 0 Å². The normalized spacial score (nSPS) is 10.5. The van der Waals surface area contributed by atoms with E-state index in [0.717, 1.165) is 17.1 Å². The second-order valence-corrected chi connectivity index (χ2v) is 5.73. The second kappa shape index (κ2) is 9.38. The van der Waals surface area contributed by atoms with Crippen LogP contribution in [0.5, 0.6) is 17.2 Å². The summed E-state index contributed by atoms with van der Waals surface area (Å²) in [4.78, 5) is 0. The van der Waals surface area contributed by atoms with E-state index in [1.807, 2.05) is 68.5 Å². The van der Waals surface area contributed by atoms with Gasteiger partial charge >= 0.3 is 0 Å². The van der Waals surface area contributed by atoms with Gasteiger partial charge in [-0.15, -0.1) is 0 Å². The largest absolute Gasteiger partial charge is 0.490 e. The van der Waals surface area contributed by atoms with Gasteiger partial charge in [0.2, 0.25) is 0 Å². The van der Waals surface area contributed by atoms with Crippen molar-refractivity contribution in [3.05, 3.63) is 90.7 Å². The Bertz CT molecular complexity index is 742. The van der Waals surface area contributed by atoms with Gasteiger partial charge in [-0.05, 0) is 44.2 Å². The van der Waals surface area contributed by atoms with Crippen molar-refractivity contribution in [1.82, 2.24) is 0 Å². The third kappa shape index (κ3) is 7.00. The molecule has 130 valence electrons. The fraction of sp³-hybridized carbons (Fsp3) is 0.182. The van der Waals surface area contributed by atoms with Crippen molar-refractivity contribution in [3.63, 3.8) is 0 Å². The van der Waals surface area contributed by atoms with Crippen molar-refractivity contribution in [2.45, 2.75) is 13.8 Å². The van der Waals surface area contributed by atoms with E-state index in [4.69, 9.17) is 14.2 Å². The summed E-state index contributed by atoms with van der Waals surface area (Å²) in [6, 6.07) is 15.4. The van der Waals surface area contributed by atoms with Gasteiger partial charge in [0.15, 0.2) is 0 Å². The molecule has 0 aliphatic carbocycles. The maximum absolute atomic E-state index is 5.71. The predicted molar refractivity (Wildman–Crippen MR) is 102 cm³/mol. The van der Waals surface area contributed by atoms with Gasteiger partial charge < -0.3 is 14.2 Å². The Hall–Kier alpha value is -2.94. The lowest BCUT2D eigenvalue weighted by atomic mass is 10.2. The molecule has 2 rings (SSSR count). The molecule has 0 saturated heterocycles. The van der Waals surface area contributed by atoms with Crippen LogP contribution in [0, 0.1) is 6.92 Å². The third-order valence-electron chi connectivity index (χ3n) is 3.25. The molecule has 0 heterocycles. The van der Waals surface area contributed by atoms with Crippen LogP contribution in [0.3, 0.4) is 0 Å². The second-order valence-electron chi connectivity index (χ2n) is 5.73. The van der Waals surface area contributed by atoms with Gasteiger partial charge in [-0.3, -0.25) is 0 Å². The summed E-state index contributed by atoms with van der Waals surface area (Å²) in [5.41, 5.74) is 2.15. The van der Waals surface area contributed by atoms with Crippen LogP contribution in [-0.4, -0.2) is 13.2 Å². The highest BCUT2D eigenvalue weighted by molar-refractivity contribution is 5.35. The molecule has 0 atom stereocenters. The molecule has 0 bridgehead atoms. The lowest BCUT2D eigenvalue weighted by Gasteiger charge is -2.10. The molecule has 0 aliphatic heterocycles. The van der Waals surface area contributed by atoms with Crippen molar-refractivity contribution in [1.29, 1.82) is 0 Å². The van der Waals surface area contributed by atoms with Gasteiger partial charge in [0.05, 0.1) is 0 Å². The molecule has 0 unspecified atom stereocenters. The Balaban J connectivity index is 1.79. The fourth-order valence-electron chi connectivity index (χ4n) is 2.00. The summed E-state index contributed by atoms with van der Waals surface area (Å²) >= 11 is 0. The summed E-state index contributed by atoms with van der Waals surface area (Å²) in [7, 11) is 0. The smallest absolute Gasteiger partial charge is 0.131 e. The molecular weight excluding hydrogens is 312 g/mol. The number of allylic oxidation sites excluding steroid dienone is 3. The number of hydrogen-bond acceptors (Lipinski definition) is 3. The minimum absolute atomic E-state index is 0.452. The quantitative estimate of drug-likeness (QED) is 0.345. The first-order valence-electron chi connectivity index (χ1n) is 8.15. The van der Waals surface area contributed by atoms with E-state index >= 15 is 0 Å². The van der Waals surface area contributed by atoms with Crippen molar-refractivity contribution in [2.75, 3.05) is 13.2 Å². The Morgan fingerprint density at radius 2 is 1.52 bits per heavy atom. The van der Waals surface area contributed by atoms with Crippen LogP contribution >= 0.6 is 0 Å². The maximum Gasteiger partial charge on any atom is 0.131 e. The summed E-state index contributed by atoms with van der Waals surface area (Å²) in [5.74, 6) is 2.78. The summed E-state index contributed by atoms with van der Waals surface area (Å²) in [6.07, 6.45) is 3.64. The molecule has 0 spiro atoms. The molecular formula is C22H24O3. The number of aryl methyl sites for hydroxylation is 1.